The molecule has 0 radical (unpaired) electrons. The molecule has 10 rings (SSSR count). The Morgan fingerprint density at radius 1 is 0.282 bits per heavy atom. The highest BCUT2D eigenvalue weighted by Gasteiger charge is 2.10. The number of aromatic nitrogens is 7. The molecule has 10 aromatic rings. The number of pyridine rings is 1. The summed E-state index contributed by atoms with van der Waals surface area (Å²) in [4.78, 5) is 21.1. The smallest absolute Gasteiger partial charge is 0.116 e. The number of benzene rings is 6. The zero-order chi connectivity index (χ0) is 60.4. The van der Waals surface area contributed by atoms with E-state index in [0.29, 0.717) is 30.2 Å². The molecule has 5 N–H and O–H groups in total. The van der Waals surface area contributed by atoms with E-state index >= 15 is 0 Å². The Morgan fingerprint density at radius 2 is 0.659 bits per heavy atom. The van der Waals surface area contributed by atoms with Crippen LogP contribution in [0.3, 0.4) is 0 Å². The first-order valence-corrected chi connectivity index (χ1v) is 29.7. The van der Waals surface area contributed by atoms with E-state index in [0.717, 1.165) is 66.6 Å². The van der Waals surface area contributed by atoms with Crippen LogP contribution in [0.2, 0.25) is 0 Å². The molecule has 0 aliphatic heterocycles. The van der Waals surface area contributed by atoms with Gasteiger partial charge in [0.05, 0.1) is 29.0 Å². The van der Waals surface area contributed by atoms with Gasteiger partial charge < -0.3 is 26.6 Å². The van der Waals surface area contributed by atoms with Crippen molar-refractivity contribution < 1.29 is 0 Å². The van der Waals surface area contributed by atoms with E-state index < -0.39 is 0 Å². The first kappa shape index (κ1) is 65.7. The van der Waals surface area contributed by atoms with Crippen LogP contribution in [-0.2, 0) is 32.7 Å². The van der Waals surface area contributed by atoms with Gasteiger partial charge in [-0.3, -0.25) is 15.0 Å². The Bertz CT molecular complexity index is 2850. The van der Waals surface area contributed by atoms with Gasteiger partial charge in [0.15, 0.2) is 0 Å². The molecule has 0 bridgehead atoms. The Hall–Kier alpha value is -8.49. The molecule has 0 atom stereocenters. The minimum atomic E-state index is 0.477. The molecule has 12 nitrogen and oxygen atoms in total. The largest absolute Gasteiger partial charge is 0.310 e. The van der Waals surface area contributed by atoms with Crippen LogP contribution >= 0.6 is 0 Å². The van der Waals surface area contributed by atoms with Gasteiger partial charge in [-0.05, 0) is 69.3 Å². The molecule has 4 aromatic heterocycles. The van der Waals surface area contributed by atoms with E-state index in [1.807, 2.05) is 60.8 Å². The number of nitrogens with zero attached hydrogens (tertiary/aromatic N) is 7. The Labute approximate surface area is 507 Å². The summed E-state index contributed by atoms with van der Waals surface area (Å²) in [6, 6.07) is 66.7. The lowest BCUT2D eigenvalue weighted by Gasteiger charge is -2.12. The first-order chi connectivity index (χ1) is 41.4. The summed E-state index contributed by atoms with van der Waals surface area (Å²) >= 11 is 0. The van der Waals surface area contributed by atoms with Gasteiger partial charge in [-0.1, -0.05) is 227 Å². The van der Waals surface area contributed by atoms with Crippen molar-refractivity contribution in [3.05, 3.63) is 259 Å². The maximum absolute atomic E-state index is 4.41. The maximum atomic E-state index is 4.41. The van der Waals surface area contributed by atoms with Crippen LogP contribution in [0.4, 0.5) is 0 Å². The van der Waals surface area contributed by atoms with Crippen LogP contribution in [0.25, 0.3) is 56.2 Å². The summed E-state index contributed by atoms with van der Waals surface area (Å²) in [5, 5.41) is 25.3. The lowest BCUT2D eigenvalue weighted by atomic mass is 9.99. The second kappa shape index (κ2) is 37.0. The molecule has 440 valence electrons. The summed E-state index contributed by atoms with van der Waals surface area (Å²) < 4.78 is 0. The minimum Gasteiger partial charge on any atom is -0.310 e. The summed E-state index contributed by atoms with van der Waals surface area (Å²) in [6.07, 6.45) is 12.1. The molecule has 0 saturated heterocycles. The molecule has 0 saturated carbocycles. The highest BCUT2D eigenvalue weighted by molar-refractivity contribution is 5.68. The van der Waals surface area contributed by atoms with Crippen molar-refractivity contribution in [2.24, 2.45) is 0 Å². The normalized spacial score (nSPS) is 10.8. The molecule has 0 unspecified atom stereocenters. The van der Waals surface area contributed by atoms with Gasteiger partial charge in [0, 0.05) is 116 Å². The van der Waals surface area contributed by atoms with Gasteiger partial charge in [-0.25, -0.2) is 9.97 Å². The lowest BCUT2D eigenvalue weighted by molar-refractivity contribution is 0.589. The van der Waals surface area contributed by atoms with E-state index in [1.165, 1.54) is 50.1 Å². The van der Waals surface area contributed by atoms with Gasteiger partial charge in [0.25, 0.3) is 0 Å². The number of rotatable bonds is 20. The second-order valence-corrected chi connectivity index (χ2v) is 21.8. The molecule has 85 heavy (non-hydrogen) atoms. The van der Waals surface area contributed by atoms with Crippen molar-refractivity contribution in [3.8, 4) is 56.2 Å². The molecule has 6 aromatic carbocycles. The van der Waals surface area contributed by atoms with Crippen molar-refractivity contribution in [1.82, 2.24) is 61.7 Å². The number of hydrogen-bond acceptors (Lipinski definition) is 12. The van der Waals surface area contributed by atoms with Gasteiger partial charge in [-0.2, -0.15) is 10.2 Å². The molecular formula is C73H88N12. The molecule has 12 heteroatoms. The van der Waals surface area contributed by atoms with Crippen LogP contribution in [-0.4, -0.2) is 65.3 Å². The average Bonchev–Trinajstić information content (AvgIpc) is 3.73. The van der Waals surface area contributed by atoms with Crippen molar-refractivity contribution >= 4 is 0 Å². The van der Waals surface area contributed by atoms with Crippen LogP contribution in [0.5, 0.6) is 0 Å². The standard InChI is InChI=1S/C16H19N.C15H18N2.3C14H17N3/c1-13(2)17-12-15-10-6-7-11-16(15)14-8-4-3-5-9-14;1-12(2)17-11-13-7-3-4-8-14(13)15-9-5-6-10-16-15;1-11(2)15-10-12-6-3-4-7-13(12)14-8-5-9-16-17-14;1-11(2)17-9-12-5-3-4-6-13(12)14-10-15-7-8-16-14;1-11(2)16-9-12-5-3-4-6-13(12)14-7-8-15-10-17-14/h3-11,13,17H,12H2,1-2H3;3-10,12,17H,11H2,1-2H3;3-9,11,15H,10H2,1-2H3;3-8,10-11,17H,9H2,1-2H3;3-8,10-11,16H,9H2,1-2H3. The third kappa shape index (κ3) is 23.6. The summed E-state index contributed by atoms with van der Waals surface area (Å²) in [5.41, 5.74) is 17.6. The third-order valence-electron chi connectivity index (χ3n) is 13.2. The molecule has 0 aliphatic carbocycles. The zero-order valence-corrected chi connectivity index (χ0v) is 51.5. The van der Waals surface area contributed by atoms with E-state index in [4.69, 9.17) is 0 Å². The predicted molar refractivity (Wildman–Crippen MR) is 354 cm³/mol. The van der Waals surface area contributed by atoms with Gasteiger partial charge in [0.1, 0.15) is 6.33 Å². The van der Waals surface area contributed by atoms with Gasteiger partial charge >= 0.3 is 0 Å². The monoisotopic (exact) mass is 1130 g/mol. The topological polar surface area (TPSA) is 150 Å². The Balaban J connectivity index is 0.000000170. The first-order valence-electron chi connectivity index (χ1n) is 29.7. The molecule has 0 aliphatic rings. The van der Waals surface area contributed by atoms with E-state index in [-0.39, 0.29) is 0 Å². The fourth-order valence-corrected chi connectivity index (χ4v) is 8.70. The fourth-order valence-electron chi connectivity index (χ4n) is 8.70. The van der Waals surface area contributed by atoms with Crippen molar-refractivity contribution in [1.29, 1.82) is 0 Å². The van der Waals surface area contributed by atoms with Gasteiger partial charge in [-0.15, -0.1) is 0 Å². The quantitative estimate of drug-likeness (QED) is 0.0494. The summed E-state index contributed by atoms with van der Waals surface area (Å²) in [5.74, 6) is 0. The van der Waals surface area contributed by atoms with E-state index in [2.05, 4.69) is 264 Å². The maximum Gasteiger partial charge on any atom is 0.116 e. The Kier molecular flexibility index (Phi) is 28.5. The third-order valence-corrected chi connectivity index (χ3v) is 13.2. The second-order valence-electron chi connectivity index (χ2n) is 21.8. The van der Waals surface area contributed by atoms with Crippen LogP contribution < -0.4 is 26.6 Å². The highest BCUT2D eigenvalue weighted by Crippen LogP contribution is 2.26. The van der Waals surface area contributed by atoms with E-state index in [9.17, 15) is 0 Å². The SMILES string of the molecule is CC(C)NCc1ccccc1-c1ccccc1.CC(C)NCc1ccccc1-c1ccccn1.CC(C)NCc1ccccc1-c1cccnn1.CC(C)NCc1ccccc1-c1ccncn1.CC(C)NCc1ccccc1-c1cnccn1. The zero-order valence-electron chi connectivity index (χ0n) is 51.5. The van der Waals surface area contributed by atoms with E-state index in [1.54, 1.807) is 37.3 Å². The highest BCUT2D eigenvalue weighted by atomic mass is 15.1. The summed E-state index contributed by atoms with van der Waals surface area (Å²) in [7, 11) is 0. The van der Waals surface area contributed by atoms with Crippen LogP contribution in [0, 0.1) is 0 Å². The van der Waals surface area contributed by atoms with Crippen LogP contribution in [0.1, 0.15) is 97.1 Å². The molecule has 0 spiro atoms. The Morgan fingerprint density at radius 3 is 1.05 bits per heavy atom. The van der Waals surface area contributed by atoms with Crippen LogP contribution in [0.15, 0.2) is 232 Å². The summed E-state index contributed by atoms with van der Waals surface area (Å²) in [6.45, 7) is 25.9. The lowest BCUT2D eigenvalue weighted by Crippen LogP contribution is -2.22. The predicted octanol–water partition coefficient (Wildman–Crippen LogP) is 15.0. The van der Waals surface area contributed by atoms with Crippen molar-refractivity contribution in [2.45, 2.75) is 132 Å². The molecule has 0 amide bonds. The van der Waals surface area contributed by atoms with Crippen molar-refractivity contribution in [3.63, 3.8) is 0 Å². The molecule has 4 heterocycles. The minimum absolute atomic E-state index is 0.477. The number of nitrogens with one attached hydrogen (secondary N) is 5. The fraction of sp³-hybridized carbons (Fsp3) is 0.274. The van der Waals surface area contributed by atoms with Crippen molar-refractivity contribution in [2.75, 3.05) is 0 Å². The average molecular weight is 1130 g/mol. The van der Waals surface area contributed by atoms with Gasteiger partial charge in [0.2, 0.25) is 0 Å². The number of hydrogen-bond donors (Lipinski definition) is 5. The molecule has 0 fully saturated rings. The molecular weight excluding hydrogens is 1040 g/mol.